The molecule has 25 heavy (non-hydrogen) atoms. The number of hydrogen-bond donors (Lipinski definition) is 2. The van der Waals surface area contributed by atoms with Gasteiger partial charge in [-0.15, -0.1) is 0 Å². The molecule has 0 unspecified atom stereocenters. The maximum Gasteiger partial charge on any atom is 0.413 e. The average molecular weight is 364 g/mol. The smallest absolute Gasteiger partial charge is 0.413 e. The Morgan fingerprint density at radius 1 is 1.48 bits per heavy atom. The van der Waals surface area contributed by atoms with Gasteiger partial charge in [0.25, 0.3) is 4.92 Å². The van der Waals surface area contributed by atoms with Gasteiger partial charge in [0.05, 0.1) is 10.4 Å². The number of rotatable bonds is 2. The van der Waals surface area contributed by atoms with E-state index in [0.717, 1.165) is 24.2 Å². The van der Waals surface area contributed by atoms with Crippen molar-refractivity contribution >= 4 is 28.7 Å². The van der Waals surface area contributed by atoms with Crippen molar-refractivity contribution in [3.8, 4) is 0 Å². The number of amides is 1. The third-order valence-electron chi connectivity index (χ3n) is 4.25. The Bertz CT molecular complexity index is 744. The quantitative estimate of drug-likeness (QED) is 0.781. The van der Waals surface area contributed by atoms with Crippen molar-refractivity contribution in [2.75, 3.05) is 5.75 Å². The monoisotopic (exact) mass is 364 g/mol. The van der Waals surface area contributed by atoms with E-state index in [-0.39, 0.29) is 10.6 Å². The third kappa shape index (κ3) is 3.95. The molecule has 1 aliphatic heterocycles. The van der Waals surface area contributed by atoms with Gasteiger partial charge in [0.2, 0.25) is 0 Å². The summed E-state index contributed by atoms with van der Waals surface area (Å²) in [6, 6.07) is 6.82. The number of fused-ring (bicyclic) bond motifs is 1. The van der Waals surface area contributed by atoms with Crippen LogP contribution in [0, 0.1) is 10.8 Å². The van der Waals surface area contributed by atoms with Crippen LogP contribution in [0.3, 0.4) is 0 Å². The first-order chi connectivity index (χ1) is 11.7. The van der Waals surface area contributed by atoms with Gasteiger partial charge < -0.3 is 4.74 Å². The molecular weight excluding hydrogens is 342 g/mol. The van der Waals surface area contributed by atoms with Crippen LogP contribution in [-0.2, 0) is 10.3 Å². The molecule has 1 amide bonds. The molecule has 2 atom stereocenters. The molecule has 1 fully saturated rings. The second-order valence-corrected chi connectivity index (χ2v) is 8.41. The van der Waals surface area contributed by atoms with Gasteiger partial charge in [-0.25, -0.2) is 10.0 Å². The predicted octanol–water partition coefficient (Wildman–Crippen LogP) is 3.72. The van der Waals surface area contributed by atoms with Gasteiger partial charge in [-0.2, -0.15) is 0 Å². The standard InChI is InChI=1S/C17H21N3O4S/c1-16(2,3)24-15(21)18-14-19-17(10-12(17)7-8-25-14)11-5-4-6-13(9-11)20(22)23/h4-6,9,12H,7-8,10H2,1-3H3,(H-,18,19,21,22,23)/p+1/t12-,17-/m1/s1. The summed E-state index contributed by atoms with van der Waals surface area (Å²) in [7, 11) is 0. The highest BCUT2D eigenvalue weighted by atomic mass is 32.2. The van der Waals surface area contributed by atoms with Crippen LogP contribution in [0.2, 0.25) is 0 Å². The first-order valence-corrected chi connectivity index (χ1v) is 9.17. The summed E-state index contributed by atoms with van der Waals surface area (Å²) in [4.78, 5) is 27.8. The van der Waals surface area contributed by atoms with Gasteiger partial charge in [0, 0.05) is 17.9 Å². The largest absolute Gasteiger partial charge is 0.444 e. The van der Waals surface area contributed by atoms with E-state index in [4.69, 9.17) is 14.9 Å². The molecule has 1 saturated carbocycles. The summed E-state index contributed by atoms with van der Waals surface area (Å²) in [5.74, 6) is 1.22. The predicted molar refractivity (Wildman–Crippen MR) is 95.2 cm³/mol. The van der Waals surface area contributed by atoms with Crippen LogP contribution in [0.1, 0.15) is 39.2 Å². The summed E-state index contributed by atoms with van der Waals surface area (Å²) < 4.78 is 5.29. The Balaban J connectivity index is 1.85. The molecule has 0 radical (unpaired) electrons. The van der Waals surface area contributed by atoms with Crippen molar-refractivity contribution in [2.24, 2.45) is 10.9 Å². The number of carbonyl (C=O) groups is 1. The molecule has 134 valence electrons. The molecule has 0 spiro atoms. The SMILES string of the molecule is CC(C)(C)OC(=O)NC1=N[C@@]2(c3cccc([N+](=O)O)c3)C[C@H]2CCS1. The van der Waals surface area contributed by atoms with Crippen molar-refractivity contribution in [2.45, 2.75) is 44.8 Å². The van der Waals surface area contributed by atoms with Crippen LogP contribution in [0.15, 0.2) is 29.3 Å². The zero-order chi connectivity index (χ0) is 18.2. The van der Waals surface area contributed by atoms with Crippen molar-refractivity contribution in [3.63, 3.8) is 0 Å². The van der Waals surface area contributed by atoms with Gasteiger partial charge in [0.15, 0.2) is 5.17 Å². The molecule has 7 nitrogen and oxygen atoms in total. The Kier molecular flexibility index (Phi) is 4.49. The zero-order valence-electron chi connectivity index (χ0n) is 14.5. The maximum absolute atomic E-state index is 12.0. The molecular formula is C17H22N3O4S+. The van der Waals surface area contributed by atoms with E-state index in [9.17, 15) is 9.70 Å². The number of benzene rings is 1. The molecule has 2 aliphatic rings. The number of hydrogen-bond acceptors (Lipinski definition) is 5. The fourth-order valence-corrected chi connectivity index (χ4v) is 4.05. The fraction of sp³-hybridized carbons (Fsp3) is 0.529. The molecule has 8 heteroatoms. The number of nitrogens with one attached hydrogen (secondary N) is 1. The number of thioether (sulfide) groups is 1. The number of carbonyl (C=O) groups excluding carboxylic acids is 1. The number of aliphatic imine (C=N–C) groups is 1. The Hall–Kier alpha value is -2.09. The highest BCUT2D eigenvalue weighted by molar-refractivity contribution is 8.13. The highest BCUT2D eigenvalue weighted by Crippen LogP contribution is 2.59. The van der Waals surface area contributed by atoms with Crippen LogP contribution in [0.4, 0.5) is 10.5 Å². The van der Waals surface area contributed by atoms with Crippen molar-refractivity contribution in [1.82, 2.24) is 5.32 Å². The zero-order valence-corrected chi connectivity index (χ0v) is 15.3. The van der Waals surface area contributed by atoms with E-state index in [1.54, 1.807) is 18.2 Å². The molecule has 2 N–H and O–H groups in total. The Labute approximate surface area is 150 Å². The van der Waals surface area contributed by atoms with Gasteiger partial charge in [-0.05, 0) is 45.1 Å². The Morgan fingerprint density at radius 2 is 2.24 bits per heavy atom. The second kappa shape index (κ2) is 6.33. The normalized spacial score (nSPS) is 25.2. The molecule has 1 aromatic carbocycles. The minimum Gasteiger partial charge on any atom is -0.444 e. The molecule has 1 aromatic rings. The maximum atomic E-state index is 12.0. The molecule has 0 saturated heterocycles. The highest BCUT2D eigenvalue weighted by Gasteiger charge is 2.56. The molecule has 3 rings (SSSR count). The first kappa shape index (κ1) is 17.7. The number of alkyl carbamates (subject to hydrolysis) is 1. The van der Waals surface area contributed by atoms with Crippen molar-refractivity contribution in [1.29, 1.82) is 0 Å². The lowest BCUT2D eigenvalue weighted by Gasteiger charge is -2.20. The number of ether oxygens (including phenoxy) is 1. The summed E-state index contributed by atoms with van der Waals surface area (Å²) in [5, 5.41) is 12.4. The lowest BCUT2D eigenvalue weighted by molar-refractivity contribution is -0.729. The molecule has 1 aliphatic carbocycles. The van der Waals surface area contributed by atoms with E-state index in [0.29, 0.717) is 11.1 Å². The minimum absolute atomic E-state index is 0.146. The topological polar surface area (TPSA) is 91.0 Å². The number of amidine groups is 1. The van der Waals surface area contributed by atoms with Crippen LogP contribution >= 0.6 is 11.8 Å². The third-order valence-corrected chi connectivity index (χ3v) is 5.16. The van der Waals surface area contributed by atoms with E-state index in [1.165, 1.54) is 11.8 Å². The fourth-order valence-electron chi connectivity index (χ4n) is 3.07. The van der Waals surface area contributed by atoms with Gasteiger partial charge >= 0.3 is 11.8 Å². The lowest BCUT2D eigenvalue weighted by Crippen LogP contribution is -2.35. The Morgan fingerprint density at radius 3 is 2.92 bits per heavy atom. The van der Waals surface area contributed by atoms with Gasteiger partial charge in [0.1, 0.15) is 5.60 Å². The number of nitrogens with zero attached hydrogens (tertiary/aromatic N) is 2. The minimum atomic E-state index is -0.577. The van der Waals surface area contributed by atoms with Crippen molar-refractivity contribution in [3.05, 3.63) is 34.7 Å². The summed E-state index contributed by atoms with van der Waals surface area (Å²) >= 11 is 1.49. The lowest BCUT2D eigenvalue weighted by atomic mass is 10.0. The summed E-state index contributed by atoms with van der Waals surface area (Å²) in [6.45, 7) is 5.42. The van der Waals surface area contributed by atoms with Gasteiger partial charge in [-0.3, -0.25) is 10.3 Å². The molecule has 0 bridgehead atoms. The van der Waals surface area contributed by atoms with E-state index in [2.05, 4.69) is 5.32 Å². The molecule has 0 aromatic heterocycles. The van der Waals surface area contributed by atoms with E-state index < -0.39 is 17.2 Å². The summed E-state index contributed by atoms with van der Waals surface area (Å²) in [5.41, 5.74) is 0.0226. The van der Waals surface area contributed by atoms with Crippen LogP contribution < -0.4 is 5.32 Å². The summed E-state index contributed by atoms with van der Waals surface area (Å²) in [6.07, 6.45) is 1.31. The van der Waals surface area contributed by atoms with E-state index >= 15 is 0 Å². The van der Waals surface area contributed by atoms with Crippen molar-refractivity contribution < 1.29 is 19.7 Å². The average Bonchev–Trinajstić information content (AvgIpc) is 3.20. The molecule has 1 heterocycles. The second-order valence-electron chi connectivity index (χ2n) is 7.33. The van der Waals surface area contributed by atoms with Crippen LogP contribution in [-0.4, -0.2) is 32.7 Å². The van der Waals surface area contributed by atoms with Crippen LogP contribution in [0.25, 0.3) is 0 Å². The van der Waals surface area contributed by atoms with Crippen LogP contribution in [0.5, 0.6) is 0 Å². The van der Waals surface area contributed by atoms with E-state index in [1.807, 2.05) is 26.8 Å². The van der Waals surface area contributed by atoms with Gasteiger partial charge in [-0.1, -0.05) is 23.9 Å². The first-order valence-electron chi connectivity index (χ1n) is 8.19.